The Morgan fingerprint density at radius 1 is 1.15 bits per heavy atom. The zero-order valence-electron chi connectivity index (χ0n) is 14.5. The highest BCUT2D eigenvalue weighted by Gasteiger charge is 2.37. The molecule has 6 nitrogen and oxygen atoms in total. The number of hydrogen-bond acceptors (Lipinski definition) is 5. The summed E-state index contributed by atoms with van der Waals surface area (Å²) in [6.45, 7) is 3.11. The summed E-state index contributed by atoms with van der Waals surface area (Å²) in [5.74, 6) is -0.169. The Hall–Kier alpha value is -2.07. The Balaban J connectivity index is 1.67. The number of hydrogen-bond donors (Lipinski definition) is 0. The van der Waals surface area contributed by atoms with Crippen LogP contribution in [0.3, 0.4) is 0 Å². The topological polar surface area (TPSA) is 38.5 Å². The number of benzene rings is 1. The second kappa shape index (κ2) is 7.28. The monoisotopic (exact) mass is 387 g/mol. The fourth-order valence-electron chi connectivity index (χ4n) is 3.04. The molecule has 10 heteroatoms. The van der Waals surface area contributed by atoms with Gasteiger partial charge >= 0.3 is 6.18 Å². The zero-order valence-corrected chi connectivity index (χ0v) is 15.3. The van der Waals surface area contributed by atoms with E-state index < -0.39 is 12.0 Å². The number of nitrogens with zero attached hydrogens (tertiary/aromatic N) is 5. The predicted octanol–water partition coefficient (Wildman–Crippen LogP) is 2.76. The van der Waals surface area contributed by atoms with Crippen LogP contribution in [0.25, 0.3) is 0 Å². The smallest absolute Gasteiger partial charge is 0.451 e. The SMILES string of the molecule is COc1ccccc1N1CCN(Cn2nc(C(F)(F)F)n(C)c2=S)CC1. The van der Waals surface area contributed by atoms with Crippen LogP contribution in [0.4, 0.5) is 18.9 Å². The number of ether oxygens (including phenoxy) is 1. The molecule has 0 aliphatic carbocycles. The molecule has 1 saturated heterocycles. The summed E-state index contributed by atoms with van der Waals surface area (Å²) in [5, 5.41) is 3.65. The van der Waals surface area contributed by atoms with Crippen LogP contribution in [0, 0.1) is 4.77 Å². The van der Waals surface area contributed by atoms with Crippen LogP contribution < -0.4 is 9.64 Å². The maximum Gasteiger partial charge on any atom is 0.451 e. The maximum atomic E-state index is 13.0. The molecule has 0 spiro atoms. The lowest BCUT2D eigenvalue weighted by molar-refractivity contribution is -0.147. The number of methoxy groups -OCH3 is 1. The van der Waals surface area contributed by atoms with Gasteiger partial charge < -0.3 is 9.64 Å². The van der Waals surface area contributed by atoms with Crippen molar-refractivity contribution >= 4 is 17.9 Å². The second-order valence-corrected chi connectivity index (χ2v) is 6.45. The fourth-order valence-corrected chi connectivity index (χ4v) is 3.22. The first kappa shape index (κ1) is 18.7. The third kappa shape index (κ3) is 3.70. The molecule has 142 valence electrons. The minimum atomic E-state index is -4.52. The molecule has 0 saturated carbocycles. The third-order valence-electron chi connectivity index (χ3n) is 4.43. The van der Waals surface area contributed by atoms with Crippen LogP contribution in [0.15, 0.2) is 24.3 Å². The summed E-state index contributed by atoms with van der Waals surface area (Å²) in [7, 11) is 2.92. The molecule has 0 radical (unpaired) electrons. The Bertz CT molecular complexity index is 824. The molecule has 1 aliphatic rings. The van der Waals surface area contributed by atoms with E-state index in [0.717, 1.165) is 29.1 Å². The number of para-hydroxylation sites is 2. The minimum Gasteiger partial charge on any atom is -0.495 e. The van der Waals surface area contributed by atoms with E-state index >= 15 is 0 Å². The van der Waals surface area contributed by atoms with E-state index in [4.69, 9.17) is 17.0 Å². The quantitative estimate of drug-likeness (QED) is 0.755. The fraction of sp³-hybridized carbons (Fsp3) is 0.500. The number of alkyl halides is 3. The van der Waals surface area contributed by atoms with Gasteiger partial charge in [0, 0.05) is 33.2 Å². The van der Waals surface area contributed by atoms with Gasteiger partial charge in [0.05, 0.1) is 19.5 Å². The number of halogens is 3. The number of aromatic nitrogens is 3. The molecule has 0 N–H and O–H groups in total. The highest BCUT2D eigenvalue weighted by Crippen LogP contribution is 2.29. The largest absolute Gasteiger partial charge is 0.495 e. The Kier molecular flexibility index (Phi) is 5.24. The first-order valence-corrected chi connectivity index (χ1v) is 8.53. The number of rotatable bonds is 4. The van der Waals surface area contributed by atoms with Gasteiger partial charge in [-0.2, -0.15) is 13.2 Å². The van der Waals surface area contributed by atoms with Crippen LogP contribution in [0.2, 0.25) is 0 Å². The highest BCUT2D eigenvalue weighted by molar-refractivity contribution is 7.71. The summed E-state index contributed by atoms with van der Waals surface area (Å²) >= 11 is 5.09. The van der Waals surface area contributed by atoms with Crippen molar-refractivity contribution in [2.45, 2.75) is 12.8 Å². The van der Waals surface area contributed by atoms with Gasteiger partial charge in [-0.3, -0.25) is 9.47 Å². The van der Waals surface area contributed by atoms with Crippen molar-refractivity contribution in [2.75, 3.05) is 38.2 Å². The van der Waals surface area contributed by atoms with E-state index in [1.807, 2.05) is 29.2 Å². The first-order valence-electron chi connectivity index (χ1n) is 8.12. The standard InChI is InChI=1S/C16H20F3N5OS/c1-21-14(16(17,18)19)20-24(15(21)26)11-22-7-9-23(10-8-22)12-5-3-4-6-13(12)25-2/h3-6H,7-11H2,1-2H3. The van der Waals surface area contributed by atoms with Crippen LogP contribution in [-0.4, -0.2) is 52.5 Å². The molecule has 0 atom stereocenters. The van der Waals surface area contributed by atoms with Gasteiger partial charge in [-0.15, -0.1) is 5.10 Å². The third-order valence-corrected chi connectivity index (χ3v) is 4.91. The van der Waals surface area contributed by atoms with E-state index in [-0.39, 0.29) is 11.4 Å². The molecule has 1 aliphatic heterocycles. The summed E-state index contributed by atoms with van der Waals surface area (Å²) in [6.07, 6.45) is -4.52. The average molecular weight is 387 g/mol. The molecule has 0 bridgehead atoms. The maximum absolute atomic E-state index is 13.0. The van der Waals surface area contributed by atoms with E-state index in [0.29, 0.717) is 13.1 Å². The molecular formula is C16H20F3N5OS. The summed E-state index contributed by atoms with van der Waals surface area (Å²) in [6, 6.07) is 7.78. The first-order chi connectivity index (χ1) is 12.3. The summed E-state index contributed by atoms with van der Waals surface area (Å²) in [4.78, 5) is 4.24. The molecule has 2 heterocycles. The van der Waals surface area contributed by atoms with Crippen LogP contribution in [0.5, 0.6) is 5.75 Å². The zero-order chi connectivity index (χ0) is 18.9. The number of piperazine rings is 1. The van der Waals surface area contributed by atoms with Crippen molar-refractivity contribution < 1.29 is 17.9 Å². The molecule has 1 aromatic heterocycles. The molecule has 0 amide bonds. The van der Waals surface area contributed by atoms with Gasteiger partial charge in [0.25, 0.3) is 0 Å². The van der Waals surface area contributed by atoms with E-state index in [1.165, 1.54) is 11.7 Å². The van der Waals surface area contributed by atoms with Crippen molar-refractivity contribution in [3.63, 3.8) is 0 Å². The van der Waals surface area contributed by atoms with Gasteiger partial charge in [-0.1, -0.05) is 12.1 Å². The lowest BCUT2D eigenvalue weighted by Gasteiger charge is -2.36. The Morgan fingerprint density at radius 3 is 2.38 bits per heavy atom. The van der Waals surface area contributed by atoms with Crippen molar-refractivity contribution in [3.8, 4) is 5.75 Å². The van der Waals surface area contributed by atoms with Crippen LogP contribution >= 0.6 is 12.2 Å². The summed E-state index contributed by atoms with van der Waals surface area (Å²) in [5.41, 5.74) is 1.02. The summed E-state index contributed by atoms with van der Waals surface area (Å²) < 4.78 is 46.5. The van der Waals surface area contributed by atoms with Gasteiger partial charge in [-0.25, -0.2) is 4.68 Å². The molecule has 1 aromatic carbocycles. The molecular weight excluding hydrogens is 367 g/mol. The molecule has 2 aromatic rings. The molecule has 0 unspecified atom stereocenters. The van der Waals surface area contributed by atoms with Crippen molar-refractivity contribution in [1.82, 2.24) is 19.2 Å². The van der Waals surface area contributed by atoms with Gasteiger partial charge in [0.1, 0.15) is 5.75 Å². The van der Waals surface area contributed by atoms with Crippen LogP contribution in [-0.2, 0) is 19.9 Å². The lowest BCUT2D eigenvalue weighted by Crippen LogP contribution is -2.47. The van der Waals surface area contributed by atoms with Gasteiger partial charge in [0.2, 0.25) is 5.82 Å². The van der Waals surface area contributed by atoms with Crippen molar-refractivity contribution in [1.29, 1.82) is 0 Å². The normalized spacial score (nSPS) is 16.1. The lowest BCUT2D eigenvalue weighted by atomic mass is 10.2. The van der Waals surface area contributed by atoms with Crippen molar-refractivity contribution in [2.24, 2.45) is 7.05 Å². The minimum absolute atomic E-state index is 0.0597. The molecule has 3 rings (SSSR count). The van der Waals surface area contributed by atoms with E-state index in [9.17, 15) is 13.2 Å². The Morgan fingerprint density at radius 2 is 1.81 bits per heavy atom. The van der Waals surface area contributed by atoms with E-state index in [1.54, 1.807) is 7.11 Å². The average Bonchev–Trinajstić information content (AvgIpc) is 2.91. The van der Waals surface area contributed by atoms with E-state index in [2.05, 4.69) is 10.00 Å². The number of anilines is 1. The Labute approximate surface area is 154 Å². The second-order valence-electron chi connectivity index (χ2n) is 6.08. The van der Waals surface area contributed by atoms with Gasteiger partial charge in [0.15, 0.2) is 4.77 Å². The van der Waals surface area contributed by atoms with Crippen molar-refractivity contribution in [3.05, 3.63) is 34.9 Å². The molecule has 26 heavy (non-hydrogen) atoms. The predicted molar refractivity (Wildman–Crippen MR) is 93.8 cm³/mol. The highest BCUT2D eigenvalue weighted by atomic mass is 32.1. The van der Waals surface area contributed by atoms with Gasteiger partial charge in [-0.05, 0) is 24.4 Å². The van der Waals surface area contributed by atoms with Crippen LogP contribution in [0.1, 0.15) is 5.82 Å². The molecule has 1 fully saturated rings.